The van der Waals surface area contributed by atoms with Crippen molar-refractivity contribution in [2.45, 2.75) is 124 Å². The Bertz CT molecular complexity index is 1080. The molecule has 0 saturated carbocycles. The lowest BCUT2D eigenvalue weighted by Gasteiger charge is -2.39. The summed E-state index contributed by atoms with van der Waals surface area (Å²) in [4.78, 5) is 13.1. The molecule has 1 atom stereocenters. The van der Waals surface area contributed by atoms with E-state index in [-0.39, 0.29) is 12.0 Å². The van der Waals surface area contributed by atoms with Crippen molar-refractivity contribution >= 4 is 5.97 Å². The van der Waals surface area contributed by atoms with Crippen LogP contribution in [0.4, 0.5) is 0 Å². The van der Waals surface area contributed by atoms with E-state index in [4.69, 9.17) is 14.6 Å². The number of carbonyl (C=O) groups is 1. The third-order valence-electron chi connectivity index (χ3n) is 8.08. The van der Waals surface area contributed by atoms with Crippen molar-refractivity contribution in [2.24, 2.45) is 0 Å². The van der Waals surface area contributed by atoms with Crippen LogP contribution < -0.4 is 9.47 Å². The number of allylic oxidation sites excluding steroid dienone is 6. The molecule has 0 amide bonds. The van der Waals surface area contributed by atoms with E-state index in [1.165, 1.54) is 27.8 Å². The highest BCUT2D eigenvalue weighted by Gasteiger charge is 2.35. The van der Waals surface area contributed by atoms with Crippen molar-refractivity contribution in [3.05, 3.63) is 57.7 Å². The normalized spacial score (nSPS) is 19.5. The van der Waals surface area contributed by atoms with Gasteiger partial charge in [0.05, 0.1) is 0 Å². The van der Waals surface area contributed by atoms with Crippen LogP contribution in [0.2, 0.25) is 0 Å². The molecule has 0 aliphatic carbocycles. The minimum Gasteiger partial charge on any atom is -0.487 e. The number of nitrogens with zero attached hydrogens (tertiary/aromatic N) is 1. The molecule has 0 radical (unpaired) electrons. The Balaban J connectivity index is 1.52. The first-order chi connectivity index (χ1) is 18.6. The molecule has 0 fully saturated rings. The van der Waals surface area contributed by atoms with E-state index in [0.717, 1.165) is 87.9 Å². The van der Waals surface area contributed by atoms with Gasteiger partial charge in [-0.25, -0.2) is 0 Å². The first-order valence-electron chi connectivity index (χ1n) is 14.9. The van der Waals surface area contributed by atoms with Crippen LogP contribution in [0.5, 0.6) is 11.5 Å². The van der Waals surface area contributed by atoms with Gasteiger partial charge in [0.1, 0.15) is 23.8 Å². The van der Waals surface area contributed by atoms with Gasteiger partial charge in [-0.05, 0) is 117 Å². The zero-order chi connectivity index (χ0) is 28.4. The molecule has 0 bridgehead atoms. The Morgan fingerprint density at radius 3 is 2.38 bits per heavy atom. The highest BCUT2D eigenvalue weighted by Crippen LogP contribution is 2.44. The molecule has 0 saturated heterocycles. The van der Waals surface area contributed by atoms with Crippen LogP contribution in [-0.2, 0) is 17.8 Å². The monoisotopic (exact) mass is 537 g/mol. The molecule has 5 heteroatoms. The van der Waals surface area contributed by atoms with Gasteiger partial charge in [-0.1, -0.05) is 34.9 Å². The van der Waals surface area contributed by atoms with Gasteiger partial charge in [0.25, 0.3) is 0 Å². The van der Waals surface area contributed by atoms with Crippen molar-refractivity contribution in [1.82, 2.24) is 4.90 Å². The van der Waals surface area contributed by atoms with E-state index in [2.05, 4.69) is 70.7 Å². The van der Waals surface area contributed by atoms with Gasteiger partial charge in [0, 0.05) is 30.6 Å². The quantitative estimate of drug-likeness (QED) is 0.190. The second kappa shape index (κ2) is 14.7. The van der Waals surface area contributed by atoms with Gasteiger partial charge < -0.3 is 14.6 Å². The zero-order valence-corrected chi connectivity index (χ0v) is 25.3. The maximum atomic E-state index is 10.8. The first kappa shape index (κ1) is 31.0. The molecule has 39 heavy (non-hydrogen) atoms. The molecular formula is C34H51NO4. The lowest BCUT2D eigenvalue weighted by Crippen LogP contribution is -2.38. The molecule has 1 N–H and O–H groups in total. The SMILES string of the molecule is CC(C)=CCCC(C)=CCCC(C)=CCC[C@]1(C)CCc2c3c(cc(C)c2O1)OCN(CCCCC(=O)O)C3. The Morgan fingerprint density at radius 2 is 1.69 bits per heavy atom. The van der Waals surface area contributed by atoms with Gasteiger partial charge in [-0.2, -0.15) is 0 Å². The molecule has 0 spiro atoms. The average Bonchev–Trinajstić information content (AvgIpc) is 2.86. The van der Waals surface area contributed by atoms with Crippen molar-refractivity contribution in [3.8, 4) is 11.5 Å². The molecule has 2 heterocycles. The van der Waals surface area contributed by atoms with Crippen LogP contribution in [0.25, 0.3) is 0 Å². The fourth-order valence-electron chi connectivity index (χ4n) is 5.59. The molecule has 5 nitrogen and oxygen atoms in total. The summed E-state index contributed by atoms with van der Waals surface area (Å²) >= 11 is 0. The molecule has 1 aromatic carbocycles. The molecule has 3 rings (SSSR count). The number of rotatable bonds is 14. The Kier molecular flexibility index (Phi) is 11.7. The van der Waals surface area contributed by atoms with E-state index in [1.807, 2.05) is 0 Å². The standard InChI is InChI=1S/C34H51NO4/c1-25(2)12-9-13-26(3)14-10-15-27(4)16-11-19-34(6)20-18-29-30-23-35(21-8-7-17-32(36)37)24-38-31(30)22-28(5)33(29)39-34/h12,14,16,22H,7-11,13,15,17-21,23-24H2,1-6H3,(H,36,37)/t34-/m1/s1. The molecule has 1 aromatic rings. The number of carboxylic acid groups (broad SMARTS) is 1. The topological polar surface area (TPSA) is 59.0 Å². The fourth-order valence-corrected chi connectivity index (χ4v) is 5.59. The second-order valence-corrected chi connectivity index (χ2v) is 12.2. The Labute approximate surface area is 237 Å². The molecule has 2 aliphatic rings. The third kappa shape index (κ3) is 9.86. The summed E-state index contributed by atoms with van der Waals surface area (Å²) in [6.07, 6.45) is 17.5. The van der Waals surface area contributed by atoms with Crippen molar-refractivity contribution in [1.29, 1.82) is 0 Å². The molecule has 2 aliphatic heterocycles. The number of unbranched alkanes of at least 4 members (excludes halogenated alkanes) is 1. The van der Waals surface area contributed by atoms with Crippen LogP contribution in [0.15, 0.2) is 41.0 Å². The third-order valence-corrected chi connectivity index (χ3v) is 8.08. The summed E-state index contributed by atoms with van der Waals surface area (Å²) < 4.78 is 12.9. The van der Waals surface area contributed by atoms with Crippen LogP contribution in [0.1, 0.15) is 116 Å². The van der Waals surface area contributed by atoms with E-state index in [9.17, 15) is 4.79 Å². The zero-order valence-electron chi connectivity index (χ0n) is 25.3. The molecular weight excluding hydrogens is 486 g/mol. The maximum Gasteiger partial charge on any atom is 0.303 e. The number of fused-ring (bicyclic) bond motifs is 3. The maximum absolute atomic E-state index is 10.8. The predicted molar refractivity (Wildman–Crippen MR) is 161 cm³/mol. The average molecular weight is 538 g/mol. The summed E-state index contributed by atoms with van der Waals surface area (Å²) in [5, 5.41) is 8.89. The predicted octanol–water partition coefficient (Wildman–Crippen LogP) is 8.68. The summed E-state index contributed by atoms with van der Waals surface area (Å²) in [5.74, 6) is 1.31. The largest absolute Gasteiger partial charge is 0.487 e. The van der Waals surface area contributed by atoms with Gasteiger partial charge in [0.2, 0.25) is 0 Å². The number of hydrogen-bond acceptors (Lipinski definition) is 4. The summed E-state index contributed by atoms with van der Waals surface area (Å²) in [7, 11) is 0. The highest BCUT2D eigenvalue weighted by atomic mass is 16.5. The minimum atomic E-state index is -0.723. The van der Waals surface area contributed by atoms with Gasteiger partial charge in [-0.3, -0.25) is 9.69 Å². The fraction of sp³-hybridized carbons (Fsp3) is 0.618. The molecule has 0 unspecified atom stereocenters. The number of aryl methyl sites for hydroxylation is 1. The van der Waals surface area contributed by atoms with Crippen LogP contribution in [0, 0.1) is 6.92 Å². The number of ether oxygens (including phenoxy) is 2. The summed E-state index contributed by atoms with van der Waals surface area (Å²) in [6, 6.07) is 2.14. The van der Waals surface area contributed by atoms with Crippen LogP contribution in [0.3, 0.4) is 0 Å². The van der Waals surface area contributed by atoms with Crippen LogP contribution >= 0.6 is 0 Å². The smallest absolute Gasteiger partial charge is 0.303 e. The summed E-state index contributed by atoms with van der Waals surface area (Å²) in [5.41, 5.74) is 7.91. The first-order valence-corrected chi connectivity index (χ1v) is 14.9. The number of hydrogen-bond donors (Lipinski definition) is 1. The molecule has 216 valence electrons. The summed E-state index contributed by atoms with van der Waals surface area (Å²) in [6.45, 7) is 15.5. The number of benzene rings is 1. The minimum absolute atomic E-state index is 0.157. The van der Waals surface area contributed by atoms with E-state index in [1.54, 1.807) is 0 Å². The van der Waals surface area contributed by atoms with E-state index >= 15 is 0 Å². The lowest BCUT2D eigenvalue weighted by atomic mass is 9.85. The highest BCUT2D eigenvalue weighted by molar-refractivity contribution is 5.66. The Hall–Kier alpha value is -2.53. The van der Waals surface area contributed by atoms with Crippen molar-refractivity contribution in [2.75, 3.05) is 13.3 Å². The van der Waals surface area contributed by atoms with Crippen molar-refractivity contribution in [3.63, 3.8) is 0 Å². The van der Waals surface area contributed by atoms with Gasteiger partial charge in [0.15, 0.2) is 0 Å². The van der Waals surface area contributed by atoms with E-state index < -0.39 is 5.97 Å². The number of aliphatic carboxylic acids is 1. The lowest BCUT2D eigenvalue weighted by molar-refractivity contribution is -0.137. The van der Waals surface area contributed by atoms with Crippen molar-refractivity contribution < 1.29 is 19.4 Å². The van der Waals surface area contributed by atoms with Gasteiger partial charge >= 0.3 is 5.97 Å². The molecule has 0 aromatic heterocycles. The van der Waals surface area contributed by atoms with Crippen LogP contribution in [-0.4, -0.2) is 34.9 Å². The van der Waals surface area contributed by atoms with E-state index in [0.29, 0.717) is 13.2 Å². The second-order valence-electron chi connectivity index (χ2n) is 12.2. The number of carboxylic acids is 1. The Morgan fingerprint density at radius 1 is 1.00 bits per heavy atom. The van der Waals surface area contributed by atoms with Gasteiger partial charge in [-0.15, -0.1) is 0 Å².